The van der Waals surface area contributed by atoms with Gasteiger partial charge in [0.1, 0.15) is 6.10 Å². The van der Waals surface area contributed by atoms with Crippen LogP contribution in [0.15, 0.2) is 30.3 Å². The first-order chi connectivity index (χ1) is 8.29. The van der Waals surface area contributed by atoms with Gasteiger partial charge in [0, 0.05) is 12.5 Å². The van der Waals surface area contributed by atoms with Gasteiger partial charge in [-0.2, -0.15) is 5.26 Å². The van der Waals surface area contributed by atoms with Gasteiger partial charge in [0.15, 0.2) is 0 Å². The molecule has 1 aromatic carbocycles. The van der Waals surface area contributed by atoms with Gasteiger partial charge in [0.05, 0.1) is 6.07 Å². The number of piperidine rings is 1. The number of benzene rings is 1. The number of hydrogen-bond donors (Lipinski definition) is 1. The quantitative estimate of drug-likeness (QED) is 0.805. The van der Waals surface area contributed by atoms with E-state index in [0.717, 1.165) is 32.5 Å². The van der Waals surface area contributed by atoms with E-state index in [2.05, 4.69) is 29.2 Å². The van der Waals surface area contributed by atoms with Crippen molar-refractivity contribution in [1.29, 1.82) is 5.26 Å². The molecular formula is C14H18N2O. The van der Waals surface area contributed by atoms with Gasteiger partial charge in [-0.25, -0.2) is 0 Å². The fourth-order valence-electron chi connectivity index (χ4n) is 2.37. The summed E-state index contributed by atoms with van der Waals surface area (Å²) in [6.45, 7) is 2.91. The van der Waals surface area contributed by atoms with Gasteiger partial charge < -0.3 is 5.11 Å². The standard InChI is InChI=1S/C14H18N2O/c15-10-14(17)13-6-8-16(9-7-13)11-12-4-2-1-3-5-12/h1-5,13-14,17H,6-9,11H2/t14-/m0/s1. The van der Waals surface area contributed by atoms with Crippen LogP contribution in [0, 0.1) is 17.2 Å². The molecule has 1 heterocycles. The lowest BCUT2D eigenvalue weighted by Crippen LogP contribution is -2.36. The highest BCUT2D eigenvalue weighted by atomic mass is 16.3. The predicted molar refractivity (Wildman–Crippen MR) is 66.1 cm³/mol. The Bertz CT molecular complexity index is 377. The molecule has 1 aliphatic heterocycles. The van der Waals surface area contributed by atoms with Gasteiger partial charge in [-0.15, -0.1) is 0 Å². The van der Waals surface area contributed by atoms with Crippen molar-refractivity contribution in [3.8, 4) is 6.07 Å². The number of aliphatic hydroxyl groups is 1. The Morgan fingerprint density at radius 2 is 1.94 bits per heavy atom. The summed E-state index contributed by atoms with van der Waals surface area (Å²) in [7, 11) is 0. The molecule has 1 atom stereocenters. The molecule has 0 saturated carbocycles. The molecule has 1 N–H and O–H groups in total. The van der Waals surface area contributed by atoms with Crippen molar-refractivity contribution in [2.45, 2.75) is 25.5 Å². The van der Waals surface area contributed by atoms with Crippen LogP contribution in [0.25, 0.3) is 0 Å². The lowest BCUT2D eigenvalue weighted by Gasteiger charge is -2.32. The van der Waals surface area contributed by atoms with Crippen LogP contribution in [0.1, 0.15) is 18.4 Å². The molecule has 3 heteroatoms. The van der Waals surface area contributed by atoms with Gasteiger partial charge >= 0.3 is 0 Å². The molecule has 1 aromatic rings. The molecule has 1 fully saturated rings. The second-order valence-corrected chi connectivity index (χ2v) is 4.67. The summed E-state index contributed by atoms with van der Waals surface area (Å²) in [5.41, 5.74) is 1.33. The van der Waals surface area contributed by atoms with E-state index in [-0.39, 0.29) is 5.92 Å². The molecule has 1 aliphatic rings. The molecule has 0 bridgehead atoms. The Balaban J connectivity index is 1.82. The highest BCUT2D eigenvalue weighted by Gasteiger charge is 2.24. The van der Waals surface area contributed by atoms with Crippen LogP contribution >= 0.6 is 0 Å². The molecule has 90 valence electrons. The van der Waals surface area contributed by atoms with E-state index in [9.17, 15) is 5.11 Å². The van der Waals surface area contributed by atoms with E-state index in [0.29, 0.717) is 0 Å². The van der Waals surface area contributed by atoms with Crippen molar-refractivity contribution in [3.05, 3.63) is 35.9 Å². The third kappa shape index (κ3) is 3.29. The number of hydrogen-bond acceptors (Lipinski definition) is 3. The molecule has 0 unspecified atom stereocenters. The SMILES string of the molecule is N#C[C@H](O)C1CCN(Cc2ccccc2)CC1. The van der Waals surface area contributed by atoms with Crippen molar-refractivity contribution < 1.29 is 5.11 Å². The van der Waals surface area contributed by atoms with E-state index in [1.54, 1.807) is 0 Å². The largest absolute Gasteiger partial charge is 0.378 e. The molecule has 0 aliphatic carbocycles. The molecule has 0 radical (unpaired) electrons. The fraction of sp³-hybridized carbons (Fsp3) is 0.500. The van der Waals surface area contributed by atoms with Crippen LogP contribution in [0.5, 0.6) is 0 Å². The second kappa shape index (κ2) is 5.81. The van der Waals surface area contributed by atoms with E-state index in [4.69, 9.17) is 5.26 Å². The molecule has 1 saturated heterocycles. The number of nitriles is 1. The Morgan fingerprint density at radius 3 is 2.53 bits per heavy atom. The molecule has 17 heavy (non-hydrogen) atoms. The summed E-state index contributed by atoms with van der Waals surface area (Å²) < 4.78 is 0. The molecule has 3 nitrogen and oxygen atoms in total. The third-order valence-electron chi connectivity index (χ3n) is 3.46. The smallest absolute Gasteiger partial charge is 0.143 e. The van der Waals surface area contributed by atoms with Crippen LogP contribution in [0.4, 0.5) is 0 Å². The molecule has 0 aromatic heterocycles. The lowest BCUT2D eigenvalue weighted by molar-refractivity contribution is 0.0909. The Kier molecular flexibility index (Phi) is 4.13. The van der Waals surface area contributed by atoms with Gasteiger partial charge in [-0.05, 0) is 31.5 Å². The number of aliphatic hydroxyl groups excluding tert-OH is 1. The number of rotatable bonds is 3. The Morgan fingerprint density at radius 1 is 1.29 bits per heavy atom. The number of likely N-dealkylation sites (tertiary alicyclic amines) is 1. The van der Waals surface area contributed by atoms with E-state index >= 15 is 0 Å². The molecular weight excluding hydrogens is 212 g/mol. The third-order valence-corrected chi connectivity index (χ3v) is 3.46. The first-order valence-corrected chi connectivity index (χ1v) is 6.13. The second-order valence-electron chi connectivity index (χ2n) is 4.67. The highest BCUT2D eigenvalue weighted by molar-refractivity contribution is 5.14. The topological polar surface area (TPSA) is 47.3 Å². The van der Waals surface area contributed by atoms with E-state index in [1.807, 2.05) is 12.1 Å². The van der Waals surface area contributed by atoms with Crippen LogP contribution in [0.2, 0.25) is 0 Å². The zero-order valence-electron chi connectivity index (χ0n) is 9.92. The molecule has 0 amide bonds. The molecule has 2 rings (SSSR count). The van der Waals surface area contributed by atoms with Crippen molar-refractivity contribution in [2.75, 3.05) is 13.1 Å². The zero-order chi connectivity index (χ0) is 12.1. The fourth-order valence-corrected chi connectivity index (χ4v) is 2.37. The highest BCUT2D eigenvalue weighted by Crippen LogP contribution is 2.21. The first-order valence-electron chi connectivity index (χ1n) is 6.13. The minimum atomic E-state index is -0.783. The van der Waals surface area contributed by atoms with Crippen molar-refractivity contribution in [3.63, 3.8) is 0 Å². The normalized spacial score (nSPS) is 19.8. The number of nitrogens with zero attached hydrogens (tertiary/aromatic N) is 2. The lowest BCUT2D eigenvalue weighted by atomic mass is 9.92. The van der Waals surface area contributed by atoms with Crippen LogP contribution in [-0.2, 0) is 6.54 Å². The van der Waals surface area contributed by atoms with E-state index in [1.165, 1.54) is 5.56 Å². The maximum Gasteiger partial charge on any atom is 0.143 e. The summed E-state index contributed by atoms with van der Waals surface area (Å²) in [6, 6.07) is 12.3. The van der Waals surface area contributed by atoms with Crippen molar-refractivity contribution in [1.82, 2.24) is 4.90 Å². The predicted octanol–water partition coefficient (Wildman–Crippen LogP) is 1.78. The van der Waals surface area contributed by atoms with Crippen LogP contribution in [0.3, 0.4) is 0 Å². The zero-order valence-corrected chi connectivity index (χ0v) is 9.92. The van der Waals surface area contributed by atoms with Crippen LogP contribution < -0.4 is 0 Å². The van der Waals surface area contributed by atoms with Crippen molar-refractivity contribution in [2.24, 2.45) is 5.92 Å². The Labute approximate surface area is 102 Å². The van der Waals surface area contributed by atoms with Crippen LogP contribution in [-0.4, -0.2) is 29.2 Å². The van der Waals surface area contributed by atoms with Gasteiger partial charge in [0.25, 0.3) is 0 Å². The summed E-state index contributed by atoms with van der Waals surface area (Å²) in [6.07, 6.45) is 1.05. The Hall–Kier alpha value is -1.37. The average Bonchev–Trinajstić information content (AvgIpc) is 2.40. The first kappa shape index (κ1) is 12.1. The van der Waals surface area contributed by atoms with Gasteiger partial charge in [0.2, 0.25) is 0 Å². The maximum atomic E-state index is 9.48. The molecule has 0 spiro atoms. The minimum absolute atomic E-state index is 0.159. The summed E-state index contributed by atoms with van der Waals surface area (Å²) in [5.74, 6) is 0.159. The summed E-state index contributed by atoms with van der Waals surface area (Å²) >= 11 is 0. The average molecular weight is 230 g/mol. The van der Waals surface area contributed by atoms with Gasteiger partial charge in [-0.3, -0.25) is 4.90 Å². The van der Waals surface area contributed by atoms with Crippen molar-refractivity contribution >= 4 is 0 Å². The van der Waals surface area contributed by atoms with E-state index < -0.39 is 6.10 Å². The summed E-state index contributed by atoms with van der Waals surface area (Å²) in [5, 5.41) is 18.2. The minimum Gasteiger partial charge on any atom is -0.378 e. The maximum absolute atomic E-state index is 9.48. The van der Waals surface area contributed by atoms with Gasteiger partial charge in [-0.1, -0.05) is 30.3 Å². The summed E-state index contributed by atoms with van der Waals surface area (Å²) in [4.78, 5) is 2.38. The monoisotopic (exact) mass is 230 g/mol.